The molecule has 1 saturated heterocycles. The third kappa shape index (κ3) is 2.87. The molecule has 0 radical (unpaired) electrons. The highest BCUT2D eigenvalue weighted by Crippen LogP contribution is 2.33. The standard InChI is InChI=1S/C14H16N2O2S/c15-14-9-13(18-16-14)11-3-1-2-4-12(11)17-10-5-7-19-8-6-10/h1-4,9-10H,5-8H2,(H2,15,16). The van der Waals surface area contributed by atoms with E-state index < -0.39 is 0 Å². The van der Waals surface area contributed by atoms with E-state index in [2.05, 4.69) is 5.16 Å². The fourth-order valence-corrected chi connectivity index (χ4v) is 3.23. The number of nitrogen functional groups attached to an aromatic ring is 1. The third-order valence-electron chi connectivity index (χ3n) is 3.14. The molecule has 2 aromatic rings. The van der Waals surface area contributed by atoms with Crippen LogP contribution >= 0.6 is 11.8 Å². The van der Waals surface area contributed by atoms with E-state index >= 15 is 0 Å². The molecule has 1 fully saturated rings. The van der Waals surface area contributed by atoms with Gasteiger partial charge in [0.15, 0.2) is 11.6 Å². The van der Waals surface area contributed by atoms with E-state index in [1.54, 1.807) is 6.07 Å². The summed E-state index contributed by atoms with van der Waals surface area (Å²) >= 11 is 1.99. The van der Waals surface area contributed by atoms with Crippen molar-refractivity contribution in [1.82, 2.24) is 5.16 Å². The van der Waals surface area contributed by atoms with Gasteiger partial charge < -0.3 is 15.0 Å². The summed E-state index contributed by atoms with van der Waals surface area (Å²) in [6.45, 7) is 0. The zero-order valence-corrected chi connectivity index (χ0v) is 11.4. The van der Waals surface area contributed by atoms with Crippen molar-refractivity contribution in [3.05, 3.63) is 30.3 Å². The molecule has 19 heavy (non-hydrogen) atoms. The van der Waals surface area contributed by atoms with Crippen molar-refractivity contribution in [2.45, 2.75) is 18.9 Å². The number of nitrogens with zero attached hydrogens (tertiary/aromatic N) is 1. The van der Waals surface area contributed by atoms with Crippen molar-refractivity contribution in [2.75, 3.05) is 17.2 Å². The summed E-state index contributed by atoms with van der Waals surface area (Å²) in [5.74, 6) is 4.22. The minimum Gasteiger partial charge on any atom is -0.490 e. The molecule has 0 saturated carbocycles. The highest BCUT2D eigenvalue weighted by Gasteiger charge is 2.18. The number of anilines is 1. The van der Waals surface area contributed by atoms with E-state index in [1.807, 2.05) is 36.0 Å². The first kappa shape index (κ1) is 12.4. The predicted octanol–water partition coefficient (Wildman–Crippen LogP) is 3.20. The van der Waals surface area contributed by atoms with Crippen LogP contribution in [0.5, 0.6) is 5.75 Å². The van der Waals surface area contributed by atoms with Crippen LogP contribution in [0.15, 0.2) is 34.9 Å². The summed E-state index contributed by atoms with van der Waals surface area (Å²) in [7, 11) is 0. The van der Waals surface area contributed by atoms with Crippen LogP contribution in [0.3, 0.4) is 0 Å². The Morgan fingerprint density at radius 3 is 2.79 bits per heavy atom. The summed E-state index contributed by atoms with van der Waals surface area (Å²) in [5, 5.41) is 3.72. The number of rotatable bonds is 3. The van der Waals surface area contributed by atoms with Crippen LogP contribution in [0, 0.1) is 0 Å². The first-order valence-corrected chi connectivity index (χ1v) is 7.54. The Hall–Kier alpha value is -1.62. The Morgan fingerprint density at radius 1 is 1.26 bits per heavy atom. The monoisotopic (exact) mass is 276 g/mol. The maximum atomic E-state index is 6.11. The molecule has 100 valence electrons. The van der Waals surface area contributed by atoms with Gasteiger partial charge in [-0.3, -0.25) is 0 Å². The van der Waals surface area contributed by atoms with Crippen molar-refractivity contribution >= 4 is 17.6 Å². The van der Waals surface area contributed by atoms with Gasteiger partial charge >= 0.3 is 0 Å². The Morgan fingerprint density at radius 2 is 2.05 bits per heavy atom. The first-order valence-electron chi connectivity index (χ1n) is 6.39. The molecule has 3 rings (SSSR count). The van der Waals surface area contributed by atoms with Gasteiger partial charge in [0, 0.05) is 6.07 Å². The van der Waals surface area contributed by atoms with Gasteiger partial charge in [-0.15, -0.1) is 0 Å². The number of hydrogen-bond acceptors (Lipinski definition) is 5. The number of thioether (sulfide) groups is 1. The van der Waals surface area contributed by atoms with Gasteiger partial charge in [-0.2, -0.15) is 11.8 Å². The molecule has 5 heteroatoms. The second-order valence-electron chi connectivity index (χ2n) is 4.54. The average Bonchev–Trinajstić information content (AvgIpc) is 2.87. The number of nitrogens with two attached hydrogens (primary N) is 1. The predicted molar refractivity (Wildman–Crippen MR) is 77.3 cm³/mol. The van der Waals surface area contributed by atoms with Crippen LogP contribution in [-0.2, 0) is 0 Å². The maximum Gasteiger partial charge on any atom is 0.172 e. The molecule has 1 aliphatic heterocycles. The minimum absolute atomic E-state index is 0.294. The molecular formula is C14H16N2O2S. The van der Waals surface area contributed by atoms with E-state index in [1.165, 1.54) is 11.5 Å². The van der Waals surface area contributed by atoms with Crippen LogP contribution in [0.2, 0.25) is 0 Å². The Kier molecular flexibility index (Phi) is 3.64. The minimum atomic E-state index is 0.294. The lowest BCUT2D eigenvalue weighted by Crippen LogP contribution is -2.22. The summed E-state index contributed by atoms with van der Waals surface area (Å²) in [6, 6.07) is 9.58. The molecule has 2 heterocycles. The quantitative estimate of drug-likeness (QED) is 0.932. The van der Waals surface area contributed by atoms with Gasteiger partial charge in [0.05, 0.1) is 5.56 Å². The second-order valence-corrected chi connectivity index (χ2v) is 5.77. The molecule has 0 spiro atoms. The molecule has 2 N–H and O–H groups in total. The second kappa shape index (κ2) is 5.57. The van der Waals surface area contributed by atoms with E-state index in [0.717, 1.165) is 24.2 Å². The molecule has 0 bridgehead atoms. The van der Waals surface area contributed by atoms with Gasteiger partial charge in [0.1, 0.15) is 11.9 Å². The molecule has 1 aliphatic rings. The number of ether oxygens (including phenoxy) is 1. The van der Waals surface area contributed by atoms with Crippen LogP contribution in [0.25, 0.3) is 11.3 Å². The number of benzene rings is 1. The van der Waals surface area contributed by atoms with Crippen LogP contribution in [-0.4, -0.2) is 22.8 Å². The van der Waals surface area contributed by atoms with Gasteiger partial charge in [-0.05, 0) is 36.5 Å². The number of hydrogen-bond donors (Lipinski definition) is 1. The van der Waals surface area contributed by atoms with Crippen molar-refractivity contribution in [2.24, 2.45) is 0 Å². The van der Waals surface area contributed by atoms with Crippen LogP contribution in [0.1, 0.15) is 12.8 Å². The topological polar surface area (TPSA) is 61.3 Å². The largest absolute Gasteiger partial charge is 0.490 e. The lowest BCUT2D eigenvalue weighted by atomic mass is 10.1. The fraction of sp³-hybridized carbons (Fsp3) is 0.357. The van der Waals surface area contributed by atoms with Crippen molar-refractivity contribution < 1.29 is 9.26 Å². The van der Waals surface area contributed by atoms with Gasteiger partial charge in [0.25, 0.3) is 0 Å². The molecular weight excluding hydrogens is 260 g/mol. The Labute approximate surface area is 116 Å². The molecule has 0 amide bonds. The van der Waals surface area contributed by atoms with E-state index in [9.17, 15) is 0 Å². The lowest BCUT2D eigenvalue weighted by molar-refractivity contribution is 0.193. The SMILES string of the molecule is Nc1cc(-c2ccccc2OC2CCSCC2)on1. The fourth-order valence-electron chi connectivity index (χ4n) is 2.16. The molecule has 0 aliphatic carbocycles. The zero-order chi connectivity index (χ0) is 13.1. The van der Waals surface area contributed by atoms with Crippen LogP contribution in [0.4, 0.5) is 5.82 Å². The third-order valence-corrected chi connectivity index (χ3v) is 4.19. The van der Waals surface area contributed by atoms with E-state index in [-0.39, 0.29) is 0 Å². The molecule has 1 aromatic carbocycles. The lowest BCUT2D eigenvalue weighted by Gasteiger charge is -2.23. The number of para-hydroxylation sites is 1. The van der Waals surface area contributed by atoms with Crippen LogP contribution < -0.4 is 10.5 Å². The normalized spacial score (nSPS) is 16.4. The van der Waals surface area contributed by atoms with Crippen molar-refractivity contribution in [3.8, 4) is 17.1 Å². The Balaban J connectivity index is 1.84. The smallest absolute Gasteiger partial charge is 0.172 e. The van der Waals surface area contributed by atoms with Crippen molar-refractivity contribution in [1.29, 1.82) is 0 Å². The van der Waals surface area contributed by atoms with E-state index in [0.29, 0.717) is 17.7 Å². The maximum absolute atomic E-state index is 6.11. The summed E-state index contributed by atoms with van der Waals surface area (Å²) in [4.78, 5) is 0. The summed E-state index contributed by atoms with van der Waals surface area (Å²) in [5.41, 5.74) is 6.51. The average molecular weight is 276 g/mol. The summed E-state index contributed by atoms with van der Waals surface area (Å²) < 4.78 is 11.3. The highest BCUT2D eigenvalue weighted by atomic mass is 32.2. The first-order chi connectivity index (χ1) is 9.33. The highest BCUT2D eigenvalue weighted by molar-refractivity contribution is 7.99. The van der Waals surface area contributed by atoms with Crippen molar-refractivity contribution in [3.63, 3.8) is 0 Å². The van der Waals surface area contributed by atoms with E-state index in [4.69, 9.17) is 15.0 Å². The Bertz CT molecular complexity index is 550. The number of aromatic nitrogens is 1. The summed E-state index contributed by atoms with van der Waals surface area (Å²) in [6.07, 6.45) is 2.48. The molecule has 1 aromatic heterocycles. The van der Waals surface area contributed by atoms with Gasteiger partial charge in [-0.25, -0.2) is 0 Å². The van der Waals surface area contributed by atoms with Gasteiger partial charge in [0.2, 0.25) is 0 Å². The molecule has 4 nitrogen and oxygen atoms in total. The zero-order valence-electron chi connectivity index (χ0n) is 10.5. The molecule has 0 atom stereocenters. The van der Waals surface area contributed by atoms with Gasteiger partial charge in [-0.1, -0.05) is 17.3 Å². The molecule has 0 unspecified atom stereocenters.